The highest BCUT2D eigenvalue weighted by molar-refractivity contribution is 6.39. The minimum absolute atomic E-state index is 0.0366. The number of anilines is 1. The number of hydrogen-bond donors (Lipinski definition) is 1. The second-order valence-corrected chi connectivity index (χ2v) is 6.23. The van der Waals surface area contributed by atoms with E-state index in [0.717, 1.165) is 0 Å². The zero-order chi connectivity index (χ0) is 17.4. The van der Waals surface area contributed by atoms with E-state index >= 15 is 0 Å². The standard InChI is InChI=1S/C17H10Cl3FN2O/c18-10-5-2-6-13(21)14(10)9-7-8-23(24)17(16(9)22)15-11(19)3-1-4-12(15)20/h1-8H,22H2. The first-order valence-electron chi connectivity index (χ1n) is 6.82. The average molecular weight is 384 g/mol. The first kappa shape index (κ1) is 16.8. The van der Waals surface area contributed by atoms with Gasteiger partial charge in [0.2, 0.25) is 0 Å². The molecule has 7 heteroatoms. The van der Waals surface area contributed by atoms with Crippen LogP contribution in [-0.4, -0.2) is 0 Å². The SMILES string of the molecule is Nc1c(-c2c(F)cccc2Cl)cc[n+]([O-])c1-c1c(Cl)cccc1Cl. The third-order valence-corrected chi connectivity index (χ3v) is 4.52. The van der Waals surface area contributed by atoms with Gasteiger partial charge in [-0.25, -0.2) is 4.39 Å². The molecular formula is C17H10Cl3FN2O. The van der Waals surface area contributed by atoms with Gasteiger partial charge in [-0.15, -0.1) is 0 Å². The van der Waals surface area contributed by atoms with Crippen LogP contribution in [0.4, 0.5) is 10.1 Å². The molecule has 0 aliphatic carbocycles. The Bertz CT molecular complexity index is 907. The van der Waals surface area contributed by atoms with E-state index in [1.54, 1.807) is 24.3 Å². The van der Waals surface area contributed by atoms with Gasteiger partial charge in [-0.1, -0.05) is 46.9 Å². The van der Waals surface area contributed by atoms with Crippen molar-refractivity contribution < 1.29 is 9.12 Å². The van der Waals surface area contributed by atoms with E-state index in [1.807, 2.05) is 0 Å². The highest BCUT2D eigenvalue weighted by atomic mass is 35.5. The molecule has 0 bridgehead atoms. The van der Waals surface area contributed by atoms with Crippen molar-refractivity contribution in [2.75, 3.05) is 5.73 Å². The molecule has 0 saturated heterocycles. The maximum absolute atomic E-state index is 14.2. The molecule has 3 nitrogen and oxygen atoms in total. The van der Waals surface area contributed by atoms with Crippen molar-refractivity contribution in [1.82, 2.24) is 0 Å². The highest BCUT2D eigenvalue weighted by Gasteiger charge is 2.25. The van der Waals surface area contributed by atoms with Crippen molar-refractivity contribution >= 4 is 40.5 Å². The van der Waals surface area contributed by atoms with Crippen LogP contribution in [0.2, 0.25) is 15.1 Å². The van der Waals surface area contributed by atoms with E-state index in [-0.39, 0.29) is 43.1 Å². The van der Waals surface area contributed by atoms with Gasteiger partial charge >= 0.3 is 0 Å². The number of benzene rings is 2. The fourth-order valence-corrected chi connectivity index (χ4v) is 3.34. The Morgan fingerprint density at radius 3 is 2.00 bits per heavy atom. The van der Waals surface area contributed by atoms with Crippen molar-refractivity contribution in [2.24, 2.45) is 0 Å². The van der Waals surface area contributed by atoms with E-state index < -0.39 is 5.82 Å². The van der Waals surface area contributed by atoms with Crippen LogP contribution in [0.5, 0.6) is 0 Å². The lowest BCUT2D eigenvalue weighted by Gasteiger charge is -2.14. The van der Waals surface area contributed by atoms with Crippen molar-refractivity contribution in [3.63, 3.8) is 0 Å². The number of pyridine rings is 1. The Morgan fingerprint density at radius 2 is 1.42 bits per heavy atom. The van der Waals surface area contributed by atoms with Gasteiger partial charge in [0, 0.05) is 17.2 Å². The Morgan fingerprint density at radius 1 is 0.875 bits per heavy atom. The van der Waals surface area contributed by atoms with Gasteiger partial charge in [0.25, 0.3) is 5.69 Å². The van der Waals surface area contributed by atoms with E-state index in [1.165, 1.54) is 24.4 Å². The van der Waals surface area contributed by atoms with Crippen LogP contribution in [0.1, 0.15) is 0 Å². The molecular weight excluding hydrogens is 374 g/mol. The summed E-state index contributed by atoms with van der Waals surface area (Å²) in [6.07, 6.45) is 1.21. The monoisotopic (exact) mass is 382 g/mol. The number of hydrogen-bond acceptors (Lipinski definition) is 2. The van der Waals surface area contributed by atoms with Crippen LogP contribution in [0, 0.1) is 11.0 Å². The molecule has 0 unspecified atom stereocenters. The molecule has 0 atom stereocenters. The molecule has 2 aromatic carbocycles. The van der Waals surface area contributed by atoms with Crippen molar-refractivity contribution in [3.05, 3.63) is 74.8 Å². The maximum atomic E-state index is 14.2. The first-order valence-corrected chi connectivity index (χ1v) is 7.95. The number of nitrogens with two attached hydrogens (primary N) is 1. The summed E-state index contributed by atoms with van der Waals surface area (Å²) in [5, 5.41) is 13.0. The minimum Gasteiger partial charge on any atom is -0.618 e. The van der Waals surface area contributed by atoms with E-state index in [2.05, 4.69) is 0 Å². The Kier molecular flexibility index (Phi) is 4.54. The summed E-state index contributed by atoms with van der Waals surface area (Å²) < 4.78 is 14.8. The fourth-order valence-electron chi connectivity index (χ4n) is 2.49. The summed E-state index contributed by atoms with van der Waals surface area (Å²) >= 11 is 18.5. The topological polar surface area (TPSA) is 53.0 Å². The quantitative estimate of drug-likeness (QED) is 0.480. The van der Waals surface area contributed by atoms with Gasteiger partial charge in [0.15, 0.2) is 6.20 Å². The molecule has 1 aromatic heterocycles. The van der Waals surface area contributed by atoms with Crippen LogP contribution >= 0.6 is 34.8 Å². The zero-order valence-electron chi connectivity index (χ0n) is 12.1. The molecule has 122 valence electrons. The molecule has 2 N–H and O–H groups in total. The normalized spacial score (nSPS) is 10.8. The van der Waals surface area contributed by atoms with Gasteiger partial charge in [0.05, 0.1) is 20.6 Å². The predicted molar refractivity (Wildman–Crippen MR) is 95.7 cm³/mol. The smallest absolute Gasteiger partial charge is 0.250 e. The molecule has 0 aliphatic rings. The van der Waals surface area contributed by atoms with Gasteiger partial charge in [-0.3, -0.25) is 0 Å². The van der Waals surface area contributed by atoms with E-state index in [9.17, 15) is 9.60 Å². The second-order valence-electron chi connectivity index (χ2n) is 5.01. The van der Waals surface area contributed by atoms with E-state index in [0.29, 0.717) is 4.73 Å². The van der Waals surface area contributed by atoms with Crippen molar-refractivity contribution in [3.8, 4) is 22.4 Å². The lowest BCUT2D eigenvalue weighted by Crippen LogP contribution is -2.30. The molecule has 1 heterocycles. The van der Waals surface area contributed by atoms with Crippen molar-refractivity contribution in [2.45, 2.75) is 0 Å². The summed E-state index contributed by atoms with van der Waals surface area (Å²) in [5.41, 5.74) is 6.92. The summed E-state index contributed by atoms with van der Waals surface area (Å²) in [6.45, 7) is 0. The molecule has 0 aliphatic heterocycles. The molecule has 0 fully saturated rings. The van der Waals surface area contributed by atoms with Crippen molar-refractivity contribution in [1.29, 1.82) is 0 Å². The fraction of sp³-hybridized carbons (Fsp3) is 0. The van der Waals surface area contributed by atoms with E-state index in [4.69, 9.17) is 40.5 Å². The molecule has 3 rings (SSSR count). The summed E-state index contributed by atoms with van der Waals surface area (Å²) in [5.74, 6) is -0.547. The van der Waals surface area contributed by atoms with Gasteiger partial charge < -0.3 is 10.9 Å². The third-order valence-electron chi connectivity index (χ3n) is 3.57. The second kappa shape index (κ2) is 6.48. The lowest BCUT2D eigenvalue weighted by molar-refractivity contribution is -0.592. The Balaban J connectivity index is 2.35. The largest absolute Gasteiger partial charge is 0.618 e. The molecule has 0 spiro atoms. The van der Waals surface area contributed by atoms with Crippen LogP contribution in [0.3, 0.4) is 0 Å². The summed E-state index contributed by atoms with van der Waals surface area (Å²) in [6, 6.07) is 10.5. The molecule has 3 aromatic rings. The number of aromatic nitrogens is 1. The van der Waals surface area contributed by atoms with Crippen LogP contribution in [-0.2, 0) is 0 Å². The van der Waals surface area contributed by atoms with Gasteiger partial charge in [0.1, 0.15) is 11.5 Å². The molecule has 0 amide bonds. The third kappa shape index (κ3) is 2.77. The highest BCUT2D eigenvalue weighted by Crippen LogP contribution is 2.41. The molecule has 24 heavy (non-hydrogen) atoms. The number of nitrogens with zero attached hydrogens (tertiary/aromatic N) is 1. The van der Waals surface area contributed by atoms with Crippen LogP contribution < -0.4 is 10.5 Å². The summed E-state index contributed by atoms with van der Waals surface area (Å²) in [7, 11) is 0. The predicted octanol–water partition coefficient (Wildman–Crippen LogP) is 5.34. The first-order chi connectivity index (χ1) is 11.4. The van der Waals surface area contributed by atoms with Gasteiger partial charge in [-0.05, 0) is 24.3 Å². The van der Waals surface area contributed by atoms with Gasteiger partial charge in [-0.2, -0.15) is 4.73 Å². The number of rotatable bonds is 2. The minimum atomic E-state index is -0.547. The molecule has 0 saturated carbocycles. The van der Waals surface area contributed by atoms with Crippen LogP contribution in [0.15, 0.2) is 48.7 Å². The van der Waals surface area contributed by atoms with Crippen LogP contribution in [0.25, 0.3) is 22.4 Å². The Hall–Kier alpha value is -2.01. The number of nitrogen functional groups attached to an aromatic ring is 1. The molecule has 0 radical (unpaired) electrons. The number of halogens is 4. The average Bonchev–Trinajstić information content (AvgIpc) is 2.52. The zero-order valence-corrected chi connectivity index (χ0v) is 14.3. The Labute approximate surface area is 152 Å². The lowest BCUT2D eigenvalue weighted by atomic mass is 10.00. The summed E-state index contributed by atoms with van der Waals surface area (Å²) in [4.78, 5) is 0. The maximum Gasteiger partial charge on any atom is 0.250 e.